The lowest BCUT2D eigenvalue weighted by molar-refractivity contribution is -0.133. The zero-order valence-electron chi connectivity index (χ0n) is 16.7. The summed E-state index contributed by atoms with van der Waals surface area (Å²) in [5.41, 5.74) is 1.44. The van der Waals surface area contributed by atoms with E-state index in [1.54, 1.807) is 17.4 Å². The molecule has 30 heavy (non-hydrogen) atoms. The Morgan fingerprint density at radius 1 is 1.03 bits per heavy atom. The first-order chi connectivity index (χ1) is 14.6. The number of rotatable bonds is 7. The van der Waals surface area contributed by atoms with Gasteiger partial charge in [0.25, 0.3) is 5.56 Å². The Kier molecular flexibility index (Phi) is 6.05. The number of amides is 1. The Morgan fingerprint density at radius 3 is 2.50 bits per heavy atom. The number of nitrogens with zero attached hydrogens (tertiary/aromatic N) is 2. The van der Waals surface area contributed by atoms with Gasteiger partial charge in [0.15, 0.2) is 0 Å². The van der Waals surface area contributed by atoms with Crippen molar-refractivity contribution in [1.82, 2.24) is 15.1 Å². The molecule has 4 aromatic rings. The first kappa shape index (κ1) is 20.0. The predicted octanol–water partition coefficient (Wildman–Crippen LogP) is 4.19. The standard InChI is InChI=1S/C24H23N3O2S/c1-17(14-19-10-7-13-30-19)27(16-18-8-3-2-4-9-18)23(28)15-22-20-11-5-6-12-21(20)24(29)26-25-22/h2-13,17H,14-16H2,1H3,(H,26,29). The molecule has 2 aromatic carbocycles. The monoisotopic (exact) mass is 417 g/mol. The summed E-state index contributed by atoms with van der Waals surface area (Å²) >= 11 is 1.70. The third-order valence-electron chi connectivity index (χ3n) is 5.22. The van der Waals surface area contributed by atoms with E-state index in [9.17, 15) is 9.59 Å². The van der Waals surface area contributed by atoms with E-state index in [1.807, 2.05) is 59.5 Å². The maximum atomic E-state index is 13.4. The van der Waals surface area contributed by atoms with Crippen molar-refractivity contribution in [1.29, 1.82) is 0 Å². The molecule has 2 heterocycles. The van der Waals surface area contributed by atoms with Gasteiger partial charge in [0, 0.05) is 29.3 Å². The van der Waals surface area contributed by atoms with E-state index in [0.717, 1.165) is 17.4 Å². The molecule has 0 aliphatic heterocycles. The lowest BCUT2D eigenvalue weighted by atomic mass is 10.1. The molecule has 0 radical (unpaired) electrons. The van der Waals surface area contributed by atoms with Crippen LogP contribution in [-0.2, 0) is 24.2 Å². The predicted molar refractivity (Wildman–Crippen MR) is 121 cm³/mol. The van der Waals surface area contributed by atoms with Crippen molar-refractivity contribution in [3.05, 3.63) is 98.6 Å². The van der Waals surface area contributed by atoms with Gasteiger partial charge in [-0.2, -0.15) is 5.10 Å². The summed E-state index contributed by atoms with van der Waals surface area (Å²) < 4.78 is 0. The van der Waals surface area contributed by atoms with Crippen LogP contribution < -0.4 is 5.56 Å². The fourth-order valence-corrected chi connectivity index (χ4v) is 4.48. The van der Waals surface area contributed by atoms with Crippen molar-refractivity contribution in [3.8, 4) is 0 Å². The van der Waals surface area contributed by atoms with Gasteiger partial charge in [0.1, 0.15) is 0 Å². The minimum Gasteiger partial charge on any atom is -0.335 e. The largest absolute Gasteiger partial charge is 0.335 e. The van der Waals surface area contributed by atoms with Gasteiger partial charge in [-0.3, -0.25) is 9.59 Å². The van der Waals surface area contributed by atoms with Crippen molar-refractivity contribution in [3.63, 3.8) is 0 Å². The fraction of sp³-hybridized carbons (Fsp3) is 0.208. The molecule has 2 aromatic heterocycles. The van der Waals surface area contributed by atoms with Gasteiger partial charge >= 0.3 is 0 Å². The van der Waals surface area contributed by atoms with E-state index in [1.165, 1.54) is 4.88 Å². The molecule has 1 N–H and O–H groups in total. The third kappa shape index (κ3) is 4.49. The maximum Gasteiger partial charge on any atom is 0.272 e. The van der Waals surface area contributed by atoms with Gasteiger partial charge in [0.2, 0.25) is 5.91 Å². The minimum atomic E-state index is -0.242. The summed E-state index contributed by atoms with van der Waals surface area (Å²) in [5, 5.41) is 10.0. The second-order valence-electron chi connectivity index (χ2n) is 7.36. The molecule has 4 rings (SSSR count). The van der Waals surface area contributed by atoms with Gasteiger partial charge in [-0.15, -0.1) is 11.3 Å². The van der Waals surface area contributed by atoms with Crippen LogP contribution in [0.25, 0.3) is 10.8 Å². The van der Waals surface area contributed by atoms with Crippen LogP contribution in [0.3, 0.4) is 0 Å². The molecule has 0 saturated heterocycles. The molecule has 0 saturated carbocycles. The lowest BCUT2D eigenvalue weighted by Gasteiger charge is -2.29. The quantitative estimate of drug-likeness (QED) is 0.490. The number of carbonyl (C=O) groups excluding carboxylic acids is 1. The van der Waals surface area contributed by atoms with Crippen molar-refractivity contribution in [2.75, 3.05) is 0 Å². The second kappa shape index (κ2) is 9.05. The van der Waals surface area contributed by atoms with Crippen molar-refractivity contribution < 1.29 is 4.79 Å². The van der Waals surface area contributed by atoms with Crippen LogP contribution in [0.15, 0.2) is 76.9 Å². The molecule has 5 nitrogen and oxygen atoms in total. The molecule has 0 aliphatic rings. The van der Waals surface area contributed by atoms with Gasteiger partial charge in [-0.25, -0.2) is 5.10 Å². The van der Waals surface area contributed by atoms with Gasteiger partial charge in [-0.05, 0) is 30.0 Å². The SMILES string of the molecule is CC(Cc1cccs1)N(Cc1ccccc1)C(=O)Cc1n[nH]c(=O)c2ccccc12. The molecule has 1 amide bonds. The first-order valence-corrected chi connectivity index (χ1v) is 10.8. The molecule has 0 bridgehead atoms. The average molecular weight is 418 g/mol. The normalized spacial score (nSPS) is 12.0. The summed E-state index contributed by atoms with van der Waals surface area (Å²) in [6.45, 7) is 2.62. The van der Waals surface area contributed by atoms with Crippen LogP contribution in [0.5, 0.6) is 0 Å². The molecular weight excluding hydrogens is 394 g/mol. The summed E-state index contributed by atoms with van der Waals surface area (Å²) in [7, 11) is 0. The number of benzene rings is 2. The zero-order valence-corrected chi connectivity index (χ0v) is 17.6. The number of aromatic nitrogens is 2. The molecular formula is C24H23N3O2S. The summed E-state index contributed by atoms with van der Waals surface area (Å²) in [5.74, 6) is -0.00684. The number of thiophene rings is 1. The third-order valence-corrected chi connectivity index (χ3v) is 6.12. The second-order valence-corrected chi connectivity index (χ2v) is 8.39. The van der Waals surface area contributed by atoms with Crippen molar-refractivity contribution in [2.24, 2.45) is 0 Å². The van der Waals surface area contributed by atoms with E-state index in [2.05, 4.69) is 28.6 Å². The Balaban J connectivity index is 1.62. The smallest absolute Gasteiger partial charge is 0.272 e. The topological polar surface area (TPSA) is 66.1 Å². The van der Waals surface area contributed by atoms with Gasteiger partial charge < -0.3 is 4.90 Å². The minimum absolute atomic E-state index is 0.00684. The zero-order chi connectivity index (χ0) is 20.9. The van der Waals surface area contributed by atoms with Crippen LogP contribution in [0.4, 0.5) is 0 Å². The fourth-order valence-electron chi connectivity index (χ4n) is 3.65. The van der Waals surface area contributed by atoms with E-state index in [4.69, 9.17) is 0 Å². The van der Waals surface area contributed by atoms with Crippen LogP contribution in [0.1, 0.15) is 23.1 Å². The van der Waals surface area contributed by atoms with Crippen LogP contribution in [0, 0.1) is 0 Å². The molecule has 0 aliphatic carbocycles. The highest BCUT2D eigenvalue weighted by molar-refractivity contribution is 7.09. The van der Waals surface area contributed by atoms with E-state index < -0.39 is 0 Å². The number of hydrogen-bond donors (Lipinski definition) is 1. The number of aromatic amines is 1. The molecule has 1 atom stereocenters. The summed E-state index contributed by atoms with van der Waals surface area (Å²) in [6, 6.07) is 21.5. The highest BCUT2D eigenvalue weighted by Gasteiger charge is 2.23. The molecule has 152 valence electrons. The number of carbonyl (C=O) groups is 1. The highest BCUT2D eigenvalue weighted by Crippen LogP contribution is 2.19. The highest BCUT2D eigenvalue weighted by atomic mass is 32.1. The molecule has 6 heteroatoms. The number of hydrogen-bond acceptors (Lipinski definition) is 4. The lowest BCUT2D eigenvalue weighted by Crippen LogP contribution is -2.40. The number of nitrogens with one attached hydrogen (secondary N) is 1. The summed E-state index contributed by atoms with van der Waals surface area (Å²) in [4.78, 5) is 28.6. The van der Waals surface area contributed by atoms with Crippen LogP contribution in [-0.4, -0.2) is 27.0 Å². The maximum absolute atomic E-state index is 13.4. The average Bonchev–Trinajstić information content (AvgIpc) is 3.28. The first-order valence-electron chi connectivity index (χ1n) is 9.94. The van der Waals surface area contributed by atoms with Crippen LogP contribution >= 0.6 is 11.3 Å². The summed E-state index contributed by atoms with van der Waals surface area (Å²) in [6.07, 6.45) is 0.939. The van der Waals surface area contributed by atoms with Gasteiger partial charge in [0.05, 0.1) is 17.5 Å². The van der Waals surface area contributed by atoms with Crippen LogP contribution in [0.2, 0.25) is 0 Å². The van der Waals surface area contributed by atoms with Crippen molar-refractivity contribution in [2.45, 2.75) is 32.4 Å². The van der Waals surface area contributed by atoms with Crippen molar-refractivity contribution >= 4 is 28.0 Å². The van der Waals surface area contributed by atoms with E-state index >= 15 is 0 Å². The number of H-pyrrole nitrogens is 1. The Hall–Kier alpha value is -3.25. The van der Waals surface area contributed by atoms with E-state index in [0.29, 0.717) is 17.6 Å². The molecule has 0 spiro atoms. The Bertz CT molecular complexity index is 1190. The Morgan fingerprint density at radius 2 is 1.77 bits per heavy atom. The molecule has 0 fully saturated rings. The van der Waals surface area contributed by atoms with Gasteiger partial charge in [-0.1, -0.05) is 54.6 Å². The Labute approximate surface area is 179 Å². The molecule has 1 unspecified atom stereocenters. The van der Waals surface area contributed by atoms with E-state index in [-0.39, 0.29) is 23.9 Å². The number of fused-ring (bicyclic) bond motifs is 1.